The Bertz CT molecular complexity index is 357. The molecule has 1 amide bonds. The van der Waals surface area contributed by atoms with Crippen LogP contribution in [0.2, 0.25) is 0 Å². The van der Waals surface area contributed by atoms with Crippen LogP contribution in [0.3, 0.4) is 0 Å². The fourth-order valence-electron chi connectivity index (χ4n) is 1.38. The van der Waals surface area contributed by atoms with Gasteiger partial charge in [0.05, 0.1) is 14.2 Å². The first-order chi connectivity index (χ1) is 7.56. The second kappa shape index (κ2) is 5.37. The molecule has 0 aliphatic carbocycles. The fraction of sp³-hybridized carbons (Fsp3) is 0.364. The van der Waals surface area contributed by atoms with Gasteiger partial charge in [0.15, 0.2) is 0 Å². The highest BCUT2D eigenvalue weighted by molar-refractivity contribution is 5.74. The van der Waals surface area contributed by atoms with Gasteiger partial charge in [0, 0.05) is 18.5 Å². The summed E-state index contributed by atoms with van der Waals surface area (Å²) in [6.07, 6.45) is 0.0936. The zero-order valence-electron chi connectivity index (χ0n) is 9.40. The van der Waals surface area contributed by atoms with E-state index in [0.717, 1.165) is 5.56 Å². The third-order valence-electron chi connectivity index (χ3n) is 2.22. The largest absolute Gasteiger partial charge is 0.497 e. The molecule has 0 heterocycles. The van der Waals surface area contributed by atoms with Crippen LogP contribution in [0, 0.1) is 0 Å². The molecule has 0 saturated heterocycles. The van der Waals surface area contributed by atoms with E-state index in [9.17, 15) is 4.79 Å². The molecular weight excluding hydrogens is 208 g/mol. The van der Waals surface area contributed by atoms with Crippen molar-refractivity contribution in [2.45, 2.75) is 12.5 Å². The van der Waals surface area contributed by atoms with Crippen molar-refractivity contribution in [1.82, 2.24) is 0 Å². The summed E-state index contributed by atoms with van der Waals surface area (Å²) in [5, 5.41) is 0. The Kier molecular flexibility index (Phi) is 4.13. The maximum atomic E-state index is 10.8. The molecule has 1 atom stereocenters. The average molecular weight is 224 g/mol. The first-order valence-electron chi connectivity index (χ1n) is 4.83. The SMILES string of the molecule is COc1cc(OC)cc([C@@H](N)CC(N)=O)c1. The number of hydrogen-bond acceptors (Lipinski definition) is 4. The van der Waals surface area contributed by atoms with Crippen LogP contribution in [-0.2, 0) is 4.79 Å². The van der Waals surface area contributed by atoms with Gasteiger partial charge >= 0.3 is 0 Å². The van der Waals surface area contributed by atoms with E-state index >= 15 is 0 Å². The Morgan fingerprint density at radius 1 is 1.25 bits per heavy atom. The number of primary amides is 1. The molecular formula is C11H16N2O3. The van der Waals surface area contributed by atoms with E-state index in [1.54, 1.807) is 32.4 Å². The summed E-state index contributed by atoms with van der Waals surface area (Å²) in [7, 11) is 3.11. The monoisotopic (exact) mass is 224 g/mol. The molecule has 0 spiro atoms. The quantitative estimate of drug-likeness (QED) is 0.765. The summed E-state index contributed by atoms with van der Waals surface area (Å²) in [6, 6.07) is 4.81. The standard InChI is InChI=1S/C11H16N2O3/c1-15-8-3-7(4-9(5-8)16-2)10(12)6-11(13)14/h3-5,10H,6,12H2,1-2H3,(H2,13,14)/t10-/m0/s1. The van der Waals surface area contributed by atoms with E-state index in [2.05, 4.69) is 0 Å². The molecule has 16 heavy (non-hydrogen) atoms. The second-order valence-corrected chi connectivity index (χ2v) is 3.42. The minimum atomic E-state index is -0.443. The highest BCUT2D eigenvalue weighted by atomic mass is 16.5. The third kappa shape index (κ3) is 3.13. The summed E-state index contributed by atoms with van der Waals surface area (Å²) < 4.78 is 10.2. The molecule has 1 rings (SSSR count). The number of amides is 1. The molecule has 5 heteroatoms. The maximum absolute atomic E-state index is 10.8. The van der Waals surface area contributed by atoms with Crippen molar-refractivity contribution < 1.29 is 14.3 Å². The second-order valence-electron chi connectivity index (χ2n) is 3.42. The summed E-state index contributed by atoms with van der Waals surface area (Å²) >= 11 is 0. The number of ether oxygens (including phenoxy) is 2. The number of rotatable bonds is 5. The summed E-state index contributed by atoms with van der Waals surface area (Å²) in [4.78, 5) is 10.8. The summed E-state index contributed by atoms with van der Waals surface area (Å²) in [5.41, 5.74) is 11.7. The Morgan fingerprint density at radius 2 is 1.75 bits per heavy atom. The van der Waals surface area contributed by atoms with Gasteiger partial charge in [-0.05, 0) is 17.7 Å². The molecule has 1 aromatic carbocycles. The van der Waals surface area contributed by atoms with Crippen molar-refractivity contribution in [2.75, 3.05) is 14.2 Å². The van der Waals surface area contributed by atoms with E-state index in [4.69, 9.17) is 20.9 Å². The van der Waals surface area contributed by atoms with Crippen LogP contribution in [0.5, 0.6) is 11.5 Å². The first-order valence-corrected chi connectivity index (χ1v) is 4.83. The lowest BCUT2D eigenvalue weighted by Crippen LogP contribution is -2.20. The molecule has 0 aliphatic rings. The normalized spacial score (nSPS) is 11.9. The molecule has 0 bridgehead atoms. The number of carbonyl (C=O) groups is 1. The lowest BCUT2D eigenvalue weighted by atomic mass is 10.0. The maximum Gasteiger partial charge on any atom is 0.219 e. The van der Waals surface area contributed by atoms with E-state index in [1.807, 2.05) is 0 Å². The Balaban J connectivity index is 2.97. The summed E-state index contributed by atoms with van der Waals surface area (Å²) in [6.45, 7) is 0. The predicted octanol–water partition coefficient (Wildman–Crippen LogP) is 0.579. The van der Waals surface area contributed by atoms with E-state index in [0.29, 0.717) is 11.5 Å². The molecule has 0 aromatic heterocycles. The van der Waals surface area contributed by atoms with Gasteiger partial charge < -0.3 is 20.9 Å². The van der Waals surface area contributed by atoms with Crippen molar-refractivity contribution in [3.8, 4) is 11.5 Å². The summed E-state index contributed by atoms with van der Waals surface area (Å²) in [5.74, 6) is 0.831. The third-order valence-corrected chi connectivity index (χ3v) is 2.22. The number of benzene rings is 1. The molecule has 0 radical (unpaired) electrons. The van der Waals surface area contributed by atoms with Crippen LogP contribution in [0.25, 0.3) is 0 Å². The van der Waals surface area contributed by atoms with Crippen LogP contribution in [-0.4, -0.2) is 20.1 Å². The van der Waals surface area contributed by atoms with Crippen LogP contribution >= 0.6 is 0 Å². The minimum Gasteiger partial charge on any atom is -0.497 e. The molecule has 0 fully saturated rings. The molecule has 88 valence electrons. The van der Waals surface area contributed by atoms with E-state index in [1.165, 1.54) is 0 Å². The number of nitrogens with two attached hydrogens (primary N) is 2. The highest BCUT2D eigenvalue weighted by Gasteiger charge is 2.12. The smallest absolute Gasteiger partial charge is 0.219 e. The van der Waals surface area contributed by atoms with Gasteiger partial charge in [-0.25, -0.2) is 0 Å². The lowest BCUT2D eigenvalue weighted by Gasteiger charge is -2.13. The fourth-order valence-corrected chi connectivity index (χ4v) is 1.38. The lowest BCUT2D eigenvalue weighted by molar-refractivity contribution is -0.118. The molecule has 0 unspecified atom stereocenters. The zero-order valence-corrected chi connectivity index (χ0v) is 9.40. The Morgan fingerprint density at radius 3 is 2.12 bits per heavy atom. The van der Waals surface area contributed by atoms with Crippen LogP contribution in [0.15, 0.2) is 18.2 Å². The number of carbonyl (C=O) groups excluding carboxylic acids is 1. The topological polar surface area (TPSA) is 87.6 Å². The van der Waals surface area contributed by atoms with Crippen molar-refractivity contribution in [3.63, 3.8) is 0 Å². The molecule has 4 N–H and O–H groups in total. The van der Waals surface area contributed by atoms with Crippen molar-refractivity contribution in [1.29, 1.82) is 0 Å². The molecule has 5 nitrogen and oxygen atoms in total. The van der Waals surface area contributed by atoms with E-state index < -0.39 is 11.9 Å². The van der Waals surface area contributed by atoms with Gasteiger partial charge in [0.1, 0.15) is 11.5 Å². The van der Waals surface area contributed by atoms with Gasteiger partial charge in [-0.2, -0.15) is 0 Å². The van der Waals surface area contributed by atoms with Crippen molar-refractivity contribution in [2.24, 2.45) is 11.5 Å². The first kappa shape index (κ1) is 12.3. The Labute approximate surface area is 94.3 Å². The predicted molar refractivity (Wildman–Crippen MR) is 60.3 cm³/mol. The molecule has 1 aromatic rings. The Hall–Kier alpha value is -1.75. The van der Waals surface area contributed by atoms with Gasteiger partial charge in [-0.15, -0.1) is 0 Å². The number of hydrogen-bond donors (Lipinski definition) is 2. The highest BCUT2D eigenvalue weighted by Crippen LogP contribution is 2.26. The van der Waals surface area contributed by atoms with Gasteiger partial charge in [0.2, 0.25) is 5.91 Å². The van der Waals surface area contributed by atoms with Crippen LogP contribution < -0.4 is 20.9 Å². The van der Waals surface area contributed by atoms with Gasteiger partial charge in [0.25, 0.3) is 0 Å². The van der Waals surface area contributed by atoms with Crippen LogP contribution in [0.1, 0.15) is 18.0 Å². The van der Waals surface area contributed by atoms with Crippen LogP contribution in [0.4, 0.5) is 0 Å². The van der Waals surface area contributed by atoms with Crippen molar-refractivity contribution >= 4 is 5.91 Å². The molecule has 0 aliphatic heterocycles. The van der Waals surface area contributed by atoms with Gasteiger partial charge in [-0.1, -0.05) is 0 Å². The van der Waals surface area contributed by atoms with E-state index in [-0.39, 0.29) is 6.42 Å². The van der Waals surface area contributed by atoms with Crippen molar-refractivity contribution in [3.05, 3.63) is 23.8 Å². The molecule has 0 saturated carbocycles. The average Bonchev–Trinajstić information content (AvgIpc) is 2.27. The van der Waals surface area contributed by atoms with Gasteiger partial charge in [-0.3, -0.25) is 4.79 Å². The number of methoxy groups -OCH3 is 2. The zero-order chi connectivity index (χ0) is 12.1. The minimum absolute atomic E-state index is 0.0936.